The van der Waals surface area contributed by atoms with Gasteiger partial charge in [-0.05, 0) is 34.5 Å². The van der Waals surface area contributed by atoms with Crippen LogP contribution in [0, 0.1) is 17.0 Å². The van der Waals surface area contributed by atoms with Crippen molar-refractivity contribution in [1.29, 1.82) is 0 Å². The number of nitrogens with zero attached hydrogens (tertiary/aromatic N) is 1. The van der Waals surface area contributed by atoms with Crippen molar-refractivity contribution in [3.63, 3.8) is 0 Å². The summed E-state index contributed by atoms with van der Waals surface area (Å²) < 4.78 is 9.30. The van der Waals surface area contributed by atoms with Crippen molar-refractivity contribution in [1.82, 2.24) is 0 Å². The van der Waals surface area contributed by atoms with Crippen LogP contribution >= 0.6 is 15.9 Å². The second kappa shape index (κ2) is 7.55. The van der Waals surface area contributed by atoms with Crippen LogP contribution in [-0.4, -0.2) is 31.1 Å². The average Bonchev–Trinajstić information content (AvgIpc) is 2.47. The molecule has 0 radical (unpaired) electrons. The summed E-state index contributed by atoms with van der Waals surface area (Å²) in [7, 11) is 2.30. The summed E-state index contributed by atoms with van der Waals surface area (Å²) in [6.45, 7) is 1.68. The Morgan fingerprint density at radius 2 is 1.95 bits per heavy atom. The van der Waals surface area contributed by atoms with Gasteiger partial charge in [-0.1, -0.05) is 0 Å². The summed E-state index contributed by atoms with van der Waals surface area (Å²) in [5, 5.41) is 13.6. The summed E-state index contributed by atoms with van der Waals surface area (Å²) in [4.78, 5) is 33.3. The molecule has 1 rings (SSSR count). The molecule has 0 bridgehead atoms. The van der Waals surface area contributed by atoms with Gasteiger partial charge in [0.15, 0.2) is 0 Å². The highest BCUT2D eigenvalue weighted by Crippen LogP contribution is 2.31. The van der Waals surface area contributed by atoms with Crippen LogP contribution in [0.2, 0.25) is 0 Å². The van der Waals surface area contributed by atoms with Gasteiger partial charge in [0.2, 0.25) is 0 Å². The third kappa shape index (κ3) is 4.29. The second-order valence-electron chi connectivity index (χ2n) is 4.07. The molecule has 0 saturated heterocycles. The fourth-order valence-corrected chi connectivity index (χ4v) is 2.12. The number of nitro benzene ring substituents is 1. The predicted octanol–water partition coefficient (Wildman–Crippen LogP) is 2.31. The molecule has 0 amide bonds. The van der Waals surface area contributed by atoms with E-state index < -0.39 is 16.9 Å². The number of hydrogen-bond acceptors (Lipinski definition) is 7. The van der Waals surface area contributed by atoms with Gasteiger partial charge in [-0.25, -0.2) is 9.59 Å². The Morgan fingerprint density at radius 1 is 1.32 bits per heavy atom. The number of nitrogens with one attached hydrogen (secondary N) is 1. The molecule has 0 fully saturated rings. The minimum atomic E-state index is -0.810. The molecule has 22 heavy (non-hydrogen) atoms. The number of benzene rings is 1. The van der Waals surface area contributed by atoms with Gasteiger partial charge in [0.05, 0.1) is 29.7 Å². The first-order chi connectivity index (χ1) is 10.3. The Labute approximate surface area is 134 Å². The third-order valence-corrected chi connectivity index (χ3v) is 3.26. The van der Waals surface area contributed by atoms with Crippen molar-refractivity contribution in [2.75, 3.05) is 19.5 Å². The Morgan fingerprint density at radius 3 is 2.45 bits per heavy atom. The number of carbonyl (C=O) groups is 2. The maximum absolute atomic E-state index is 11.7. The minimum absolute atomic E-state index is 0.185. The zero-order valence-electron chi connectivity index (χ0n) is 12.0. The zero-order chi connectivity index (χ0) is 16.9. The van der Waals surface area contributed by atoms with Gasteiger partial charge in [0, 0.05) is 11.8 Å². The highest BCUT2D eigenvalue weighted by molar-refractivity contribution is 9.10. The fourth-order valence-electron chi connectivity index (χ4n) is 1.51. The van der Waals surface area contributed by atoms with Crippen LogP contribution in [0.4, 0.5) is 11.4 Å². The van der Waals surface area contributed by atoms with E-state index in [4.69, 9.17) is 0 Å². The van der Waals surface area contributed by atoms with E-state index in [0.717, 1.165) is 20.3 Å². The molecule has 0 aliphatic rings. The lowest BCUT2D eigenvalue weighted by molar-refractivity contribution is -0.385. The number of hydrogen-bond donors (Lipinski definition) is 1. The molecule has 118 valence electrons. The first-order valence-electron chi connectivity index (χ1n) is 5.89. The van der Waals surface area contributed by atoms with Crippen LogP contribution in [0.5, 0.6) is 0 Å². The molecular formula is C13H13BrN2O6. The molecule has 0 saturated carbocycles. The van der Waals surface area contributed by atoms with Crippen molar-refractivity contribution in [2.45, 2.75) is 6.92 Å². The van der Waals surface area contributed by atoms with Crippen LogP contribution in [0.25, 0.3) is 0 Å². The Kier molecular flexibility index (Phi) is 6.05. The van der Waals surface area contributed by atoms with E-state index in [9.17, 15) is 19.7 Å². The van der Waals surface area contributed by atoms with Crippen molar-refractivity contribution in [2.24, 2.45) is 0 Å². The number of anilines is 1. The van der Waals surface area contributed by atoms with Gasteiger partial charge < -0.3 is 14.8 Å². The highest BCUT2D eigenvalue weighted by atomic mass is 79.9. The van der Waals surface area contributed by atoms with Crippen molar-refractivity contribution in [3.8, 4) is 0 Å². The maximum atomic E-state index is 11.7. The highest BCUT2D eigenvalue weighted by Gasteiger charge is 2.18. The molecule has 0 spiro atoms. The molecule has 0 aliphatic carbocycles. The lowest BCUT2D eigenvalue weighted by Gasteiger charge is -2.12. The molecule has 9 heteroatoms. The monoisotopic (exact) mass is 372 g/mol. The van der Waals surface area contributed by atoms with E-state index in [1.54, 1.807) is 6.92 Å². The molecule has 0 atom stereocenters. The molecule has 1 aromatic carbocycles. The van der Waals surface area contributed by atoms with E-state index in [-0.39, 0.29) is 17.1 Å². The second-order valence-corrected chi connectivity index (χ2v) is 4.93. The number of methoxy groups -OCH3 is 2. The van der Waals surface area contributed by atoms with Gasteiger partial charge in [-0.2, -0.15) is 0 Å². The normalized spacial score (nSPS) is 10.8. The molecule has 8 nitrogen and oxygen atoms in total. The number of carbonyl (C=O) groups excluding carboxylic acids is 2. The van der Waals surface area contributed by atoms with Gasteiger partial charge in [0.1, 0.15) is 5.70 Å². The Balaban J connectivity index is 3.26. The number of aryl methyl sites for hydroxylation is 1. The lowest BCUT2D eigenvalue weighted by atomic mass is 10.1. The zero-order valence-corrected chi connectivity index (χ0v) is 13.6. The Bertz CT molecular complexity index is 656. The molecular weight excluding hydrogens is 360 g/mol. The van der Waals surface area contributed by atoms with Crippen molar-refractivity contribution < 1.29 is 24.0 Å². The summed E-state index contributed by atoms with van der Waals surface area (Å²) >= 11 is 3.09. The average molecular weight is 373 g/mol. The summed E-state index contributed by atoms with van der Waals surface area (Å²) in [6.07, 6.45) is 0.902. The Hall–Kier alpha value is -2.42. The summed E-state index contributed by atoms with van der Waals surface area (Å²) in [6, 6.07) is 2.76. The molecule has 1 N–H and O–H groups in total. The quantitative estimate of drug-likeness (QED) is 0.365. The van der Waals surface area contributed by atoms with E-state index in [2.05, 4.69) is 30.7 Å². The molecule has 0 aliphatic heterocycles. The molecule has 0 aromatic heterocycles. The minimum Gasteiger partial charge on any atom is -0.466 e. The molecule has 0 heterocycles. The van der Waals surface area contributed by atoms with E-state index in [1.165, 1.54) is 12.1 Å². The number of nitro groups is 1. The number of halogens is 1. The van der Waals surface area contributed by atoms with Gasteiger partial charge in [0.25, 0.3) is 5.69 Å². The first-order valence-corrected chi connectivity index (χ1v) is 6.69. The van der Waals surface area contributed by atoms with Crippen molar-refractivity contribution in [3.05, 3.63) is 44.1 Å². The smallest absolute Gasteiger partial charge is 0.354 e. The topological polar surface area (TPSA) is 108 Å². The predicted molar refractivity (Wildman–Crippen MR) is 81.3 cm³/mol. The number of ether oxygens (including phenoxy) is 2. The van der Waals surface area contributed by atoms with Crippen LogP contribution in [0.15, 0.2) is 28.4 Å². The number of rotatable bonds is 5. The fraction of sp³-hybridized carbons (Fsp3) is 0.231. The van der Waals surface area contributed by atoms with Crippen LogP contribution in [-0.2, 0) is 19.1 Å². The first kappa shape index (κ1) is 17.6. The third-order valence-electron chi connectivity index (χ3n) is 2.63. The van der Waals surface area contributed by atoms with Crippen LogP contribution < -0.4 is 5.32 Å². The largest absolute Gasteiger partial charge is 0.466 e. The summed E-state index contributed by atoms with van der Waals surface area (Å²) in [5.41, 5.74) is 0.525. The number of esters is 2. The lowest BCUT2D eigenvalue weighted by Crippen LogP contribution is -2.16. The van der Waals surface area contributed by atoms with E-state index >= 15 is 0 Å². The van der Waals surface area contributed by atoms with Gasteiger partial charge in [-0.15, -0.1) is 0 Å². The van der Waals surface area contributed by atoms with Crippen LogP contribution in [0.3, 0.4) is 0 Å². The molecule has 0 unspecified atom stereocenters. The summed E-state index contributed by atoms with van der Waals surface area (Å²) in [5.74, 6) is -1.58. The van der Waals surface area contributed by atoms with Gasteiger partial charge in [-0.3, -0.25) is 10.1 Å². The van der Waals surface area contributed by atoms with E-state index in [1.807, 2.05) is 0 Å². The van der Waals surface area contributed by atoms with E-state index in [0.29, 0.717) is 10.0 Å². The van der Waals surface area contributed by atoms with Crippen molar-refractivity contribution >= 4 is 39.2 Å². The van der Waals surface area contributed by atoms with Crippen LogP contribution in [0.1, 0.15) is 5.56 Å². The maximum Gasteiger partial charge on any atom is 0.354 e. The van der Waals surface area contributed by atoms with Gasteiger partial charge >= 0.3 is 11.9 Å². The molecule has 1 aromatic rings. The SMILES string of the molecule is COC(=O)/C=C(/Nc1cc([N+](=O)[O-])c(Br)cc1C)C(=O)OC. The standard InChI is InChI=1S/C13H13BrN2O6/c1-7-4-8(14)11(16(19)20)5-9(7)15-10(13(18)22-3)6-12(17)21-2/h4-6,15H,1-3H3/b10-6+.